The number of aromatic nitrogens is 3. The molecule has 0 aliphatic rings. The Kier molecular flexibility index (Phi) is 2.52. The van der Waals surface area contributed by atoms with E-state index in [2.05, 4.69) is 26.0 Å². The summed E-state index contributed by atoms with van der Waals surface area (Å²) in [7, 11) is 0. The second kappa shape index (κ2) is 4.06. The molecule has 18 heavy (non-hydrogen) atoms. The zero-order valence-electron chi connectivity index (χ0n) is 9.14. The minimum Gasteiger partial charge on any atom is -0.396 e. The summed E-state index contributed by atoms with van der Waals surface area (Å²) in [5, 5.41) is 4.15. The number of nitrogen functional groups attached to an aromatic ring is 1. The van der Waals surface area contributed by atoms with Gasteiger partial charge in [0.1, 0.15) is 0 Å². The predicted molar refractivity (Wildman–Crippen MR) is 70.5 cm³/mol. The summed E-state index contributed by atoms with van der Waals surface area (Å²) in [6.07, 6.45) is 4.87. The van der Waals surface area contributed by atoms with Crippen LogP contribution in [0.5, 0.6) is 0 Å². The van der Waals surface area contributed by atoms with Gasteiger partial charge >= 0.3 is 0 Å². The van der Waals surface area contributed by atoms with Crippen molar-refractivity contribution in [3.8, 4) is 11.1 Å². The van der Waals surface area contributed by atoms with Gasteiger partial charge in [0, 0.05) is 28.0 Å². The molecule has 0 bridgehead atoms. The molecule has 90 valence electrons. The van der Waals surface area contributed by atoms with Crippen LogP contribution in [0.15, 0.2) is 41.3 Å². The second-order valence-electron chi connectivity index (χ2n) is 3.83. The van der Waals surface area contributed by atoms with E-state index in [1.807, 2.05) is 12.3 Å². The summed E-state index contributed by atoms with van der Waals surface area (Å²) in [4.78, 5) is 3.65. The molecule has 0 fully saturated rings. The van der Waals surface area contributed by atoms with Gasteiger partial charge in [0.25, 0.3) is 0 Å². The first-order valence-corrected chi connectivity index (χ1v) is 5.99. The highest BCUT2D eigenvalue weighted by Gasteiger charge is 2.10. The first kappa shape index (κ1) is 11.2. The van der Waals surface area contributed by atoms with Crippen LogP contribution in [-0.2, 0) is 0 Å². The number of rotatable bonds is 1. The number of fused-ring (bicyclic) bond motifs is 1. The van der Waals surface area contributed by atoms with E-state index >= 15 is 0 Å². The molecule has 3 aromatic heterocycles. The van der Waals surface area contributed by atoms with E-state index in [0.29, 0.717) is 5.69 Å². The van der Waals surface area contributed by atoms with Crippen LogP contribution in [0.1, 0.15) is 0 Å². The molecule has 2 N–H and O–H groups in total. The van der Waals surface area contributed by atoms with Gasteiger partial charge in [-0.1, -0.05) is 0 Å². The molecule has 3 heterocycles. The van der Waals surface area contributed by atoms with Gasteiger partial charge in [-0.05, 0) is 34.1 Å². The van der Waals surface area contributed by atoms with Gasteiger partial charge in [0.2, 0.25) is 5.95 Å². The highest BCUT2D eigenvalue weighted by molar-refractivity contribution is 9.10. The van der Waals surface area contributed by atoms with Crippen LogP contribution in [0.4, 0.5) is 10.1 Å². The van der Waals surface area contributed by atoms with E-state index in [0.717, 1.165) is 21.1 Å². The molecule has 0 aliphatic carbocycles. The Morgan fingerprint density at radius 1 is 1.28 bits per heavy atom. The minimum absolute atomic E-state index is 0.508. The lowest BCUT2D eigenvalue weighted by molar-refractivity contribution is 0.584. The first-order valence-electron chi connectivity index (χ1n) is 5.19. The summed E-state index contributed by atoms with van der Waals surface area (Å²) in [5.74, 6) is -0.508. The van der Waals surface area contributed by atoms with Crippen LogP contribution in [0, 0.1) is 5.95 Å². The van der Waals surface area contributed by atoms with Crippen molar-refractivity contribution in [2.75, 3.05) is 5.73 Å². The molecule has 0 aromatic carbocycles. The van der Waals surface area contributed by atoms with Gasteiger partial charge in [-0.2, -0.15) is 9.49 Å². The van der Waals surface area contributed by atoms with Crippen LogP contribution in [0.2, 0.25) is 0 Å². The van der Waals surface area contributed by atoms with Crippen molar-refractivity contribution in [3.63, 3.8) is 0 Å². The van der Waals surface area contributed by atoms with E-state index in [1.165, 1.54) is 12.3 Å². The number of hydrogen-bond acceptors (Lipinski definition) is 3. The van der Waals surface area contributed by atoms with Crippen LogP contribution >= 0.6 is 15.9 Å². The Morgan fingerprint density at radius 2 is 2.11 bits per heavy atom. The van der Waals surface area contributed by atoms with Crippen molar-refractivity contribution >= 4 is 27.1 Å². The van der Waals surface area contributed by atoms with E-state index in [1.54, 1.807) is 16.8 Å². The van der Waals surface area contributed by atoms with E-state index < -0.39 is 5.95 Å². The molecule has 0 unspecified atom stereocenters. The van der Waals surface area contributed by atoms with Crippen molar-refractivity contribution in [1.29, 1.82) is 0 Å². The fourth-order valence-corrected chi connectivity index (χ4v) is 2.29. The van der Waals surface area contributed by atoms with Crippen molar-refractivity contribution in [2.45, 2.75) is 0 Å². The summed E-state index contributed by atoms with van der Waals surface area (Å²) in [5.41, 5.74) is 8.90. The summed E-state index contributed by atoms with van der Waals surface area (Å²) >= 11 is 3.41. The van der Waals surface area contributed by atoms with Crippen molar-refractivity contribution in [3.05, 3.63) is 47.2 Å². The third-order valence-corrected chi connectivity index (χ3v) is 3.08. The lowest BCUT2D eigenvalue weighted by atomic mass is 10.1. The average Bonchev–Trinajstić information content (AvgIpc) is 2.71. The monoisotopic (exact) mass is 306 g/mol. The molecule has 0 radical (unpaired) electrons. The van der Waals surface area contributed by atoms with E-state index in [9.17, 15) is 4.39 Å². The number of nitrogens with zero attached hydrogens (tertiary/aromatic N) is 3. The van der Waals surface area contributed by atoms with Crippen molar-refractivity contribution < 1.29 is 4.39 Å². The first-order chi connectivity index (χ1) is 8.65. The summed E-state index contributed by atoms with van der Waals surface area (Å²) < 4.78 is 15.4. The second-order valence-corrected chi connectivity index (χ2v) is 4.75. The molecule has 3 rings (SSSR count). The highest BCUT2D eigenvalue weighted by atomic mass is 79.9. The molecular weight excluding hydrogens is 299 g/mol. The normalized spacial score (nSPS) is 11.0. The molecule has 0 spiro atoms. The smallest absolute Gasteiger partial charge is 0.212 e. The maximum atomic E-state index is 12.9. The van der Waals surface area contributed by atoms with Gasteiger partial charge in [-0.3, -0.25) is 0 Å². The standard InChI is InChI=1S/C12H8BrFN4/c13-8-3-9(7-1-2-11(14)16-4-7)12-10(15)5-17-18(12)6-8/h1-6H,15H2. The molecule has 0 saturated carbocycles. The molecule has 0 saturated heterocycles. The Hall–Kier alpha value is -1.95. The van der Waals surface area contributed by atoms with Gasteiger partial charge in [-0.15, -0.1) is 0 Å². The van der Waals surface area contributed by atoms with Gasteiger partial charge < -0.3 is 5.73 Å². The lowest BCUT2D eigenvalue weighted by Crippen LogP contribution is -1.93. The fourth-order valence-electron chi connectivity index (χ4n) is 1.87. The Bertz CT molecular complexity index is 721. The Labute approximate surface area is 110 Å². The van der Waals surface area contributed by atoms with Gasteiger partial charge in [0.15, 0.2) is 0 Å². The van der Waals surface area contributed by atoms with Crippen LogP contribution in [0.3, 0.4) is 0 Å². The van der Waals surface area contributed by atoms with E-state index in [4.69, 9.17) is 5.73 Å². The highest BCUT2D eigenvalue weighted by Crippen LogP contribution is 2.30. The molecule has 0 aliphatic heterocycles. The maximum absolute atomic E-state index is 12.9. The molecule has 0 amide bonds. The largest absolute Gasteiger partial charge is 0.396 e. The number of halogens is 2. The van der Waals surface area contributed by atoms with Gasteiger partial charge in [0.05, 0.1) is 17.4 Å². The summed E-state index contributed by atoms with van der Waals surface area (Å²) in [6.45, 7) is 0. The molecule has 6 heteroatoms. The fraction of sp³-hybridized carbons (Fsp3) is 0. The minimum atomic E-state index is -0.508. The van der Waals surface area contributed by atoms with Crippen molar-refractivity contribution in [1.82, 2.24) is 14.6 Å². The number of nitrogens with two attached hydrogens (primary N) is 1. The third-order valence-electron chi connectivity index (χ3n) is 2.65. The van der Waals surface area contributed by atoms with Crippen LogP contribution in [-0.4, -0.2) is 14.6 Å². The van der Waals surface area contributed by atoms with Crippen LogP contribution < -0.4 is 5.73 Å². The van der Waals surface area contributed by atoms with Crippen LogP contribution in [0.25, 0.3) is 16.6 Å². The van der Waals surface area contributed by atoms with Gasteiger partial charge in [-0.25, -0.2) is 9.50 Å². The Balaban J connectivity index is 2.33. The van der Waals surface area contributed by atoms with Crippen molar-refractivity contribution in [2.24, 2.45) is 0 Å². The topological polar surface area (TPSA) is 56.2 Å². The quantitative estimate of drug-likeness (QED) is 0.703. The number of anilines is 1. The summed E-state index contributed by atoms with van der Waals surface area (Å²) in [6, 6.07) is 4.89. The Morgan fingerprint density at radius 3 is 2.83 bits per heavy atom. The molecular formula is C12H8BrFN4. The average molecular weight is 307 g/mol. The third kappa shape index (κ3) is 1.74. The zero-order chi connectivity index (χ0) is 12.7. The number of hydrogen-bond donors (Lipinski definition) is 1. The molecule has 0 atom stereocenters. The lowest BCUT2D eigenvalue weighted by Gasteiger charge is -2.06. The molecule has 3 aromatic rings. The zero-order valence-corrected chi connectivity index (χ0v) is 10.7. The van der Waals surface area contributed by atoms with E-state index in [-0.39, 0.29) is 0 Å². The maximum Gasteiger partial charge on any atom is 0.212 e. The predicted octanol–water partition coefficient (Wildman–Crippen LogP) is 2.88. The number of pyridine rings is 2. The SMILES string of the molecule is Nc1cnn2cc(Br)cc(-c3ccc(F)nc3)c12. The molecule has 4 nitrogen and oxygen atoms in total.